The Morgan fingerprint density at radius 2 is 1.91 bits per heavy atom. The van der Waals surface area contributed by atoms with Crippen molar-refractivity contribution in [2.45, 2.75) is 37.6 Å². The number of rotatable bonds is 3. The van der Waals surface area contributed by atoms with Crippen molar-refractivity contribution in [2.75, 3.05) is 7.05 Å². The molecule has 1 fully saturated rings. The molecule has 1 saturated carbocycles. The van der Waals surface area contributed by atoms with Gasteiger partial charge in [-0.2, -0.15) is 0 Å². The topological polar surface area (TPSA) is 73.4 Å². The average molecular weight is 318 g/mol. The number of hydrogen-bond donors (Lipinski definition) is 2. The number of aliphatic carboxylic acids is 1. The summed E-state index contributed by atoms with van der Waals surface area (Å²) in [4.78, 5) is 28.8. The third-order valence-corrected chi connectivity index (χ3v) is 4.84. The molecule has 1 aromatic heterocycles. The lowest BCUT2D eigenvalue weighted by Gasteiger charge is -2.40. The second-order valence-electron chi connectivity index (χ2n) is 6.18. The number of nitrogens with one attached hydrogen (secondary N) is 1. The van der Waals surface area contributed by atoms with E-state index in [0.717, 1.165) is 19.3 Å². The van der Waals surface area contributed by atoms with Gasteiger partial charge in [0.05, 0.1) is 0 Å². The summed E-state index contributed by atoms with van der Waals surface area (Å²) >= 11 is 0. The van der Waals surface area contributed by atoms with Gasteiger partial charge < -0.3 is 15.0 Å². The molecular weight excluding hydrogens is 299 g/mol. The van der Waals surface area contributed by atoms with E-state index in [0.29, 0.717) is 23.7 Å². The number of carbonyl (C=O) groups is 2. The van der Waals surface area contributed by atoms with Gasteiger partial charge in [0.25, 0.3) is 5.91 Å². The smallest absolute Gasteiger partial charge is 0.329 e. The fraction of sp³-hybridized carbons (Fsp3) is 0.412. The van der Waals surface area contributed by atoms with Crippen molar-refractivity contribution in [1.82, 2.24) is 9.88 Å². The molecule has 1 heterocycles. The Morgan fingerprint density at radius 3 is 2.57 bits per heavy atom. The summed E-state index contributed by atoms with van der Waals surface area (Å²) in [6.07, 6.45) is 3.49. The number of carboxylic acid groups (broad SMARTS) is 1. The monoisotopic (exact) mass is 318 g/mol. The number of carboxylic acids is 1. The standard InChI is InChI=1S/C17H19FN2O3/c1-20(17(16(22)23)7-3-2-4-8-17)15(21)14-10-11-9-12(18)5-6-13(11)19-14/h5-6,9-10,19H,2-4,7-8H2,1H3,(H,22,23). The highest BCUT2D eigenvalue weighted by Crippen LogP contribution is 2.34. The highest BCUT2D eigenvalue weighted by molar-refractivity contribution is 6.00. The molecule has 122 valence electrons. The molecule has 0 unspecified atom stereocenters. The number of aromatic nitrogens is 1. The van der Waals surface area contributed by atoms with Crippen LogP contribution in [0.3, 0.4) is 0 Å². The van der Waals surface area contributed by atoms with Crippen LogP contribution in [0.25, 0.3) is 10.9 Å². The molecular formula is C17H19FN2O3. The van der Waals surface area contributed by atoms with Crippen LogP contribution in [0.15, 0.2) is 24.3 Å². The maximum absolute atomic E-state index is 13.3. The maximum atomic E-state index is 13.3. The van der Waals surface area contributed by atoms with Crippen molar-refractivity contribution >= 4 is 22.8 Å². The second-order valence-corrected chi connectivity index (χ2v) is 6.18. The van der Waals surface area contributed by atoms with Gasteiger partial charge in [-0.05, 0) is 37.1 Å². The van der Waals surface area contributed by atoms with Gasteiger partial charge in [-0.1, -0.05) is 19.3 Å². The van der Waals surface area contributed by atoms with Crippen molar-refractivity contribution in [3.63, 3.8) is 0 Å². The lowest BCUT2D eigenvalue weighted by atomic mass is 9.80. The molecule has 0 bridgehead atoms. The van der Waals surface area contributed by atoms with Crippen molar-refractivity contribution in [2.24, 2.45) is 0 Å². The fourth-order valence-corrected chi connectivity index (χ4v) is 3.42. The predicted octanol–water partition coefficient (Wildman–Crippen LogP) is 3.17. The third kappa shape index (κ3) is 2.58. The van der Waals surface area contributed by atoms with E-state index in [9.17, 15) is 19.1 Å². The van der Waals surface area contributed by atoms with Gasteiger partial charge in [-0.3, -0.25) is 4.79 Å². The zero-order valence-corrected chi connectivity index (χ0v) is 12.9. The number of carbonyl (C=O) groups excluding carboxylic acids is 1. The molecule has 1 aromatic carbocycles. The van der Waals surface area contributed by atoms with Crippen LogP contribution in [0.5, 0.6) is 0 Å². The van der Waals surface area contributed by atoms with Crippen LogP contribution >= 0.6 is 0 Å². The zero-order chi connectivity index (χ0) is 16.6. The predicted molar refractivity (Wildman–Crippen MR) is 83.8 cm³/mol. The molecule has 1 amide bonds. The van der Waals surface area contributed by atoms with Gasteiger partial charge in [0.15, 0.2) is 0 Å². The Balaban J connectivity index is 1.94. The van der Waals surface area contributed by atoms with E-state index in [2.05, 4.69) is 4.98 Å². The van der Waals surface area contributed by atoms with E-state index in [1.165, 1.54) is 24.1 Å². The van der Waals surface area contributed by atoms with Gasteiger partial charge >= 0.3 is 5.97 Å². The summed E-state index contributed by atoms with van der Waals surface area (Å²) in [6.45, 7) is 0. The number of H-pyrrole nitrogens is 1. The first-order chi connectivity index (χ1) is 10.9. The summed E-state index contributed by atoms with van der Waals surface area (Å²) in [5.41, 5.74) is -0.229. The highest BCUT2D eigenvalue weighted by atomic mass is 19.1. The number of benzene rings is 1. The van der Waals surface area contributed by atoms with Gasteiger partial charge in [0.2, 0.25) is 0 Å². The molecule has 0 saturated heterocycles. The molecule has 2 aromatic rings. The summed E-state index contributed by atoms with van der Waals surface area (Å²) < 4.78 is 13.3. The average Bonchev–Trinajstić information content (AvgIpc) is 2.97. The summed E-state index contributed by atoms with van der Waals surface area (Å²) in [6, 6.07) is 5.79. The molecule has 1 aliphatic rings. The number of hydrogen-bond acceptors (Lipinski definition) is 2. The lowest BCUT2D eigenvalue weighted by molar-refractivity contribution is -0.151. The number of amides is 1. The molecule has 0 aliphatic heterocycles. The van der Waals surface area contributed by atoms with E-state index in [1.807, 2.05) is 0 Å². The number of aromatic amines is 1. The van der Waals surface area contributed by atoms with Crippen LogP contribution < -0.4 is 0 Å². The Hall–Kier alpha value is -2.37. The Labute approximate surface area is 133 Å². The Kier molecular flexibility index (Phi) is 3.83. The van der Waals surface area contributed by atoms with E-state index in [4.69, 9.17) is 0 Å². The van der Waals surface area contributed by atoms with Gasteiger partial charge in [0, 0.05) is 18.0 Å². The lowest BCUT2D eigenvalue weighted by Crippen LogP contribution is -2.56. The number of nitrogens with zero attached hydrogens (tertiary/aromatic N) is 1. The molecule has 1 aliphatic carbocycles. The van der Waals surface area contributed by atoms with E-state index >= 15 is 0 Å². The molecule has 0 spiro atoms. The third-order valence-electron chi connectivity index (χ3n) is 4.84. The van der Waals surface area contributed by atoms with Crippen molar-refractivity contribution < 1.29 is 19.1 Å². The van der Waals surface area contributed by atoms with Crippen molar-refractivity contribution in [3.8, 4) is 0 Å². The van der Waals surface area contributed by atoms with Crippen LogP contribution in [0.1, 0.15) is 42.6 Å². The molecule has 6 heteroatoms. The Bertz CT molecular complexity index is 762. The SMILES string of the molecule is CN(C(=O)c1cc2cc(F)ccc2[nH]1)C1(C(=O)O)CCCCC1. The second kappa shape index (κ2) is 5.68. The van der Waals surface area contributed by atoms with Crippen molar-refractivity contribution in [1.29, 1.82) is 0 Å². The minimum atomic E-state index is -1.15. The van der Waals surface area contributed by atoms with Crippen LogP contribution in [-0.4, -0.2) is 39.5 Å². The first-order valence-electron chi connectivity index (χ1n) is 7.74. The van der Waals surface area contributed by atoms with Gasteiger partial charge in [0.1, 0.15) is 17.1 Å². The normalized spacial score (nSPS) is 17.1. The van der Waals surface area contributed by atoms with Crippen molar-refractivity contribution in [3.05, 3.63) is 35.8 Å². The first-order valence-corrected chi connectivity index (χ1v) is 7.74. The van der Waals surface area contributed by atoms with E-state index < -0.39 is 11.5 Å². The van der Waals surface area contributed by atoms with E-state index in [-0.39, 0.29) is 17.4 Å². The van der Waals surface area contributed by atoms with E-state index in [1.54, 1.807) is 12.1 Å². The first kappa shape index (κ1) is 15.5. The molecule has 2 N–H and O–H groups in total. The largest absolute Gasteiger partial charge is 0.479 e. The molecule has 5 nitrogen and oxygen atoms in total. The maximum Gasteiger partial charge on any atom is 0.329 e. The van der Waals surface area contributed by atoms with Gasteiger partial charge in [-0.15, -0.1) is 0 Å². The van der Waals surface area contributed by atoms with Crippen LogP contribution in [0.4, 0.5) is 4.39 Å². The molecule has 3 rings (SSSR count). The minimum absolute atomic E-state index is 0.277. The number of fused-ring (bicyclic) bond motifs is 1. The summed E-state index contributed by atoms with van der Waals surface area (Å²) in [5, 5.41) is 10.3. The fourth-order valence-electron chi connectivity index (χ4n) is 3.42. The molecule has 0 atom stereocenters. The Morgan fingerprint density at radius 1 is 1.22 bits per heavy atom. The van der Waals surface area contributed by atoms with Crippen LogP contribution in [-0.2, 0) is 4.79 Å². The van der Waals surface area contributed by atoms with Crippen LogP contribution in [0.2, 0.25) is 0 Å². The van der Waals surface area contributed by atoms with Crippen LogP contribution in [0, 0.1) is 5.82 Å². The molecule has 0 radical (unpaired) electrons. The summed E-state index contributed by atoms with van der Waals surface area (Å²) in [5.74, 6) is -1.72. The zero-order valence-electron chi connectivity index (χ0n) is 12.9. The number of likely N-dealkylation sites (N-methyl/N-ethyl adjacent to an activating group) is 1. The van der Waals surface area contributed by atoms with Gasteiger partial charge in [-0.25, -0.2) is 9.18 Å². The minimum Gasteiger partial charge on any atom is -0.479 e. The molecule has 23 heavy (non-hydrogen) atoms. The number of halogens is 1. The highest BCUT2D eigenvalue weighted by Gasteiger charge is 2.45. The summed E-state index contributed by atoms with van der Waals surface area (Å²) in [7, 11) is 1.54. The quantitative estimate of drug-likeness (QED) is 0.913.